The summed E-state index contributed by atoms with van der Waals surface area (Å²) in [5.41, 5.74) is 7.29. The molecular formula is C9H9N3. The summed E-state index contributed by atoms with van der Waals surface area (Å²) in [6, 6.07) is 5.57. The van der Waals surface area contributed by atoms with Crippen molar-refractivity contribution in [1.29, 1.82) is 5.26 Å². The molecule has 1 fully saturated rings. The molecule has 3 nitrogen and oxygen atoms in total. The van der Waals surface area contributed by atoms with E-state index in [1.165, 1.54) is 0 Å². The molecular weight excluding hydrogens is 150 g/mol. The largest absolute Gasteiger partial charge is 0.321 e. The van der Waals surface area contributed by atoms with Gasteiger partial charge in [0.1, 0.15) is 11.8 Å². The quantitative estimate of drug-likeness (QED) is 0.662. The first-order chi connectivity index (χ1) is 5.74. The minimum Gasteiger partial charge on any atom is -0.321 e. The van der Waals surface area contributed by atoms with Gasteiger partial charge < -0.3 is 5.73 Å². The van der Waals surface area contributed by atoms with Gasteiger partial charge in [-0.3, -0.25) is 0 Å². The topological polar surface area (TPSA) is 62.7 Å². The molecule has 2 N–H and O–H groups in total. The van der Waals surface area contributed by atoms with Crippen molar-refractivity contribution in [2.24, 2.45) is 5.73 Å². The Balaban J connectivity index is 2.32. The van der Waals surface area contributed by atoms with Gasteiger partial charge in [0, 0.05) is 11.7 Å². The Bertz CT molecular complexity index is 330. The molecule has 0 aromatic carbocycles. The molecule has 2 rings (SSSR count). The van der Waals surface area contributed by atoms with Crippen LogP contribution < -0.4 is 5.73 Å². The highest BCUT2D eigenvalue weighted by atomic mass is 14.8. The number of pyridine rings is 1. The fourth-order valence-corrected chi connectivity index (χ4v) is 1.18. The van der Waals surface area contributed by atoms with Crippen molar-refractivity contribution in [3.05, 3.63) is 29.6 Å². The van der Waals surface area contributed by atoms with Crippen LogP contribution in [-0.4, -0.2) is 4.98 Å². The highest BCUT2D eigenvalue weighted by molar-refractivity contribution is 5.30. The van der Waals surface area contributed by atoms with Crippen molar-refractivity contribution in [3.8, 4) is 6.07 Å². The Morgan fingerprint density at radius 2 is 2.25 bits per heavy atom. The molecule has 1 heterocycles. The zero-order chi connectivity index (χ0) is 8.60. The van der Waals surface area contributed by atoms with Crippen molar-refractivity contribution >= 4 is 0 Å². The van der Waals surface area contributed by atoms with Gasteiger partial charge in [-0.2, -0.15) is 5.26 Å². The maximum Gasteiger partial charge on any atom is 0.140 e. The van der Waals surface area contributed by atoms with Gasteiger partial charge in [0.2, 0.25) is 0 Å². The molecule has 0 atom stereocenters. The normalized spacial score (nSPS) is 18.3. The second-order valence-electron chi connectivity index (χ2n) is 3.20. The Morgan fingerprint density at radius 3 is 2.67 bits per heavy atom. The molecule has 0 spiro atoms. The van der Waals surface area contributed by atoms with Crippen LogP contribution in [0.5, 0.6) is 0 Å². The van der Waals surface area contributed by atoms with E-state index < -0.39 is 0 Å². The van der Waals surface area contributed by atoms with Crippen molar-refractivity contribution in [2.75, 3.05) is 0 Å². The summed E-state index contributed by atoms with van der Waals surface area (Å²) in [6.45, 7) is 0. The van der Waals surface area contributed by atoms with Crippen LogP contribution in [0.1, 0.15) is 24.1 Å². The van der Waals surface area contributed by atoms with Gasteiger partial charge in [-0.1, -0.05) is 6.07 Å². The number of nitrogens with two attached hydrogens (primary N) is 1. The Labute approximate surface area is 70.8 Å². The van der Waals surface area contributed by atoms with Crippen LogP contribution in [-0.2, 0) is 5.54 Å². The van der Waals surface area contributed by atoms with Gasteiger partial charge in [-0.15, -0.1) is 0 Å². The maximum absolute atomic E-state index is 8.50. The molecule has 1 aromatic heterocycles. The molecule has 1 aromatic rings. The fourth-order valence-electron chi connectivity index (χ4n) is 1.18. The van der Waals surface area contributed by atoms with Crippen molar-refractivity contribution in [1.82, 2.24) is 4.98 Å². The molecule has 0 radical (unpaired) electrons. The number of hydrogen-bond donors (Lipinski definition) is 1. The van der Waals surface area contributed by atoms with Crippen LogP contribution in [0.25, 0.3) is 0 Å². The summed E-state index contributed by atoms with van der Waals surface area (Å²) >= 11 is 0. The van der Waals surface area contributed by atoms with Crippen LogP contribution >= 0.6 is 0 Å². The molecule has 0 unspecified atom stereocenters. The molecule has 12 heavy (non-hydrogen) atoms. The third-order valence-electron chi connectivity index (χ3n) is 2.24. The third kappa shape index (κ3) is 1.06. The van der Waals surface area contributed by atoms with Crippen LogP contribution in [0, 0.1) is 11.3 Å². The summed E-state index contributed by atoms with van der Waals surface area (Å²) < 4.78 is 0. The summed E-state index contributed by atoms with van der Waals surface area (Å²) in [7, 11) is 0. The van der Waals surface area contributed by atoms with Crippen molar-refractivity contribution in [3.63, 3.8) is 0 Å². The first kappa shape index (κ1) is 7.26. The van der Waals surface area contributed by atoms with E-state index in [0.29, 0.717) is 5.69 Å². The smallest absolute Gasteiger partial charge is 0.140 e. The van der Waals surface area contributed by atoms with Gasteiger partial charge in [0.15, 0.2) is 0 Å². The highest BCUT2D eigenvalue weighted by Gasteiger charge is 2.40. The minimum absolute atomic E-state index is 0.138. The van der Waals surface area contributed by atoms with Gasteiger partial charge in [-0.25, -0.2) is 4.98 Å². The lowest BCUT2D eigenvalue weighted by atomic mass is 10.1. The number of nitrogens with zero attached hydrogens (tertiary/aromatic N) is 2. The van der Waals surface area contributed by atoms with Crippen molar-refractivity contribution < 1.29 is 0 Å². The predicted molar refractivity (Wildman–Crippen MR) is 44.1 cm³/mol. The van der Waals surface area contributed by atoms with Crippen LogP contribution in [0.4, 0.5) is 0 Å². The van der Waals surface area contributed by atoms with Crippen LogP contribution in [0.15, 0.2) is 18.3 Å². The lowest BCUT2D eigenvalue weighted by molar-refractivity contribution is 0.734. The summed E-state index contributed by atoms with van der Waals surface area (Å²) in [6.07, 6.45) is 3.76. The molecule has 0 aliphatic heterocycles. The fraction of sp³-hybridized carbons (Fsp3) is 0.333. The zero-order valence-corrected chi connectivity index (χ0v) is 6.62. The van der Waals surface area contributed by atoms with E-state index in [2.05, 4.69) is 4.98 Å². The summed E-state index contributed by atoms with van der Waals surface area (Å²) in [5.74, 6) is 0. The van der Waals surface area contributed by atoms with Crippen LogP contribution in [0.3, 0.4) is 0 Å². The van der Waals surface area contributed by atoms with E-state index in [1.54, 1.807) is 12.3 Å². The second kappa shape index (κ2) is 2.29. The lowest BCUT2D eigenvalue weighted by Crippen LogP contribution is -2.18. The SMILES string of the molecule is N#Cc1ccc(C2(N)CC2)cn1. The van der Waals surface area contributed by atoms with Crippen LogP contribution in [0.2, 0.25) is 0 Å². The first-order valence-electron chi connectivity index (χ1n) is 3.90. The molecule has 0 saturated heterocycles. The monoisotopic (exact) mass is 159 g/mol. The summed E-state index contributed by atoms with van der Waals surface area (Å²) in [4.78, 5) is 3.96. The first-order valence-corrected chi connectivity index (χ1v) is 3.90. The zero-order valence-electron chi connectivity index (χ0n) is 6.62. The Kier molecular flexibility index (Phi) is 1.39. The average molecular weight is 159 g/mol. The number of hydrogen-bond acceptors (Lipinski definition) is 3. The van der Waals surface area contributed by atoms with E-state index in [4.69, 9.17) is 11.0 Å². The highest BCUT2D eigenvalue weighted by Crippen LogP contribution is 2.42. The Hall–Kier alpha value is -1.40. The third-order valence-corrected chi connectivity index (χ3v) is 2.24. The van der Waals surface area contributed by atoms with E-state index in [0.717, 1.165) is 18.4 Å². The molecule has 1 aliphatic rings. The minimum atomic E-state index is -0.138. The van der Waals surface area contributed by atoms with E-state index in [-0.39, 0.29) is 5.54 Å². The van der Waals surface area contributed by atoms with Gasteiger partial charge in [0.25, 0.3) is 0 Å². The molecule has 0 amide bonds. The molecule has 60 valence electrons. The molecule has 0 bridgehead atoms. The number of aromatic nitrogens is 1. The van der Waals surface area contributed by atoms with Crippen molar-refractivity contribution in [2.45, 2.75) is 18.4 Å². The summed E-state index contributed by atoms with van der Waals surface area (Å²) in [5, 5.41) is 8.50. The van der Waals surface area contributed by atoms with Gasteiger partial charge >= 0.3 is 0 Å². The maximum atomic E-state index is 8.50. The number of rotatable bonds is 1. The van der Waals surface area contributed by atoms with Gasteiger partial charge in [0.05, 0.1) is 0 Å². The van der Waals surface area contributed by atoms with E-state index in [9.17, 15) is 0 Å². The number of nitriles is 1. The predicted octanol–water partition coefficient (Wildman–Crippen LogP) is 0.901. The standard InChI is InChI=1S/C9H9N3/c10-5-8-2-1-7(6-12-8)9(11)3-4-9/h1-2,6H,3-4,11H2. The van der Waals surface area contributed by atoms with E-state index in [1.807, 2.05) is 12.1 Å². The lowest BCUT2D eigenvalue weighted by Gasteiger charge is -2.06. The molecule has 3 heteroatoms. The molecule has 1 saturated carbocycles. The second-order valence-corrected chi connectivity index (χ2v) is 3.20. The average Bonchev–Trinajstić information content (AvgIpc) is 2.85. The van der Waals surface area contributed by atoms with Gasteiger partial charge in [-0.05, 0) is 24.5 Å². The molecule has 1 aliphatic carbocycles. The Morgan fingerprint density at radius 1 is 1.50 bits per heavy atom. The van der Waals surface area contributed by atoms with E-state index >= 15 is 0 Å².